The highest BCUT2D eigenvalue weighted by atomic mass is 16.2. The number of amides is 2. The molecule has 1 aromatic carbocycles. The fourth-order valence-electron chi connectivity index (χ4n) is 2.62. The Labute approximate surface area is 146 Å². The molecule has 0 fully saturated rings. The molecule has 4 nitrogen and oxygen atoms in total. The van der Waals surface area contributed by atoms with Crippen molar-refractivity contribution in [2.24, 2.45) is 0 Å². The summed E-state index contributed by atoms with van der Waals surface area (Å²) in [5.41, 5.74) is 1.92. The summed E-state index contributed by atoms with van der Waals surface area (Å²) < 4.78 is 0. The maximum absolute atomic E-state index is 12.7. The Bertz CT molecular complexity index is 544. The lowest BCUT2D eigenvalue weighted by molar-refractivity contribution is -0.142. The second kappa shape index (κ2) is 8.86. The van der Waals surface area contributed by atoms with Crippen molar-refractivity contribution in [2.75, 3.05) is 0 Å². The smallest absolute Gasteiger partial charge is 0.243 e. The van der Waals surface area contributed by atoms with Crippen LogP contribution in [0.5, 0.6) is 0 Å². The van der Waals surface area contributed by atoms with E-state index < -0.39 is 6.04 Å². The van der Waals surface area contributed by atoms with Gasteiger partial charge in [-0.2, -0.15) is 0 Å². The highest BCUT2D eigenvalue weighted by Crippen LogP contribution is 2.16. The highest BCUT2D eigenvalue weighted by molar-refractivity contribution is 5.88. The summed E-state index contributed by atoms with van der Waals surface area (Å²) in [6, 6.07) is 7.68. The molecule has 134 valence electrons. The topological polar surface area (TPSA) is 49.4 Å². The lowest BCUT2D eigenvalue weighted by Crippen LogP contribution is -2.53. The third-order valence-corrected chi connectivity index (χ3v) is 3.82. The van der Waals surface area contributed by atoms with Crippen molar-refractivity contribution in [1.29, 1.82) is 0 Å². The Morgan fingerprint density at radius 3 is 2.17 bits per heavy atom. The summed E-state index contributed by atoms with van der Waals surface area (Å²) in [5, 5.41) is 3.01. The Morgan fingerprint density at radius 2 is 1.71 bits per heavy atom. The fraction of sp³-hybridized carbons (Fsp3) is 0.600. The van der Waals surface area contributed by atoms with Gasteiger partial charge in [0, 0.05) is 18.5 Å². The average molecular weight is 332 g/mol. The minimum atomic E-state index is -0.440. The Hall–Kier alpha value is -1.84. The van der Waals surface area contributed by atoms with Gasteiger partial charge in [0.05, 0.1) is 0 Å². The van der Waals surface area contributed by atoms with Crippen molar-refractivity contribution in [1.82, 2.24) is 10.2 Å². The van der Waals surface area contributed by atoms with Crippen LogP contribution in [0.1, 0.15) is 65.0 Å². The van der Waals surface area contributed by atoms with Gasteiger partial charge in [-0.3, -0.25) is 9.59 Å². The summed E-state index contributed by atoms with van der Waals surface area (Å²) in [6.07, 6.45) is 1.84. The summed E-state index contributed by atoms with van der Waals surface area (Å²) in [7, 11) is 0. The number of carbonyl (C=O) groups excluding carboxylic acids is 2. The van der Waals surface area contributed by atoms with Gasteiger partial charge in [-0.25, -0.2) is 0 Å². The van der Waals surface area contributed by atoms with Crippen LogP contribution in [0, 0.1) is 6.92 Å². The van der Waals surface area contributed by atoms with Crippen LogP contribution in [0.2, 0.25) is 0 Å². The van der Waals surface area contributed by atoms with Crippen LogP contribution in [0.4, 0.5) is 0 Å². The predicted octanol–water partition coefficient (Wildman–Crippen LogP) is 3.82. The molecule has 0 spiro atoms. The van der Waals surface area contributed by atoms with E-state index in [1.807, 2.05) is 65.8 Å². The van der Waals surface area contributed by atoms with Crippen molar-refractivity contribution >= 4 is 11.8 Å². The predicted molar refractivity (Wildman–Crippen MR) is 98.6 cm³/mol. The molecule has 0 saturated heterocycles. The minimum absolute atomic E-state index is 0.0361. The molecule has 1 atom stereocenters. The Kier molecular flexibility index (Phi) is 7.46. The summed E-state index contributed by atoms with van der Waals surface area (Å²) in [5.74, 6) is -0.0458. The largest absolute Gasteiger partial charge is 0.350 e. The van der Waals surface area contributed by atoms with Crippen LogP contribution in [0.3, 0.4) is 0 Å². The minimum Gasteiger partial charge on any atom is -0.350 e. The van der Waals surface area contributed by atoms with E-state index in [2.05, 4.69) is 5.32 Å². The first-order chi connectivity index (χ1) is 11.2. The second-order valence-electron chi connectivity index (χ2n) is 7.42. The van der Waals surface area contributed by atoms with E-state index >= 15 is 0 Å². The molecule has 0 aromatic heterocycles. The zero-order chi connectivity index (χ0) is 18.3. The van der Waals surface area contributed by atoms with E-state index in [-0.39, 0.29) is 17.4 Å². The molecule has 0 heterocycles. The third kappa shape index (κ3) is 6.34. The van der Waals surface area contributed by atoms with E-state index in [0.29, 0.717) is 19.4 Å². The molecule has 1 rings (SSSR count). The lowest BCUT2D eigenvalue weighted by Gasteiger charge is -2.33. The van der Waals surface area contributed by atoms with E-state index in [9.17, 15) is 9.59 Å². The van der Waals surface area contributed by atoms with Gasteiger partial charge in [-0.15, -0.1) is 0 Å². The molecule has 0 aliphatic heterocycles. The number of rotatable bonds is 7. The number of benzene rings is 1. The molecule has 1 aromatic rings. The molecule has 0 unspecified atom stereocenters. The van der Waals surface area contributed by atoms with Gasteiger partial charge in [0.2, 0.25) is 11.8 Å². The van der Waals surface area contributed by atoms with Crippen LogP contribution in [-0.2, 0) is 16.1 Å². The number of carbonyl (C=O) groups is 2. The highest BCUT2D eigenvalue weighted by Gasteiger charge is 2.30. The van der Waals surface area contributed by atoms with Gasteiger partial charge in [-0.1, -0.05) is 43.7 Å². The molecule has 24 heavy (non-hydrogen) atoms. The number of nitrogens with one attached hydrogen (secondary N) is 1. The first-order valence-corrected chi connectivity index (χ1v) is 8.85. The van der Waals surface area contributed by atoms with Gasteiger partial charge < -0.3 is 10.2 Å². The number of hydrogen-bond donors (Lipinski definition) is 1. The Morgan fingerprint density at radius 1 is 1.12 bits per heavy atom. The van der Waals surface area contributed by atoms with Gasteiger partial charge in [0.1, 0.15) is 6.04 Å². The van der Waals surface area contributed by atoms with E-state index in [1.165, 1.54) is 5.56 Å². The molecule has 0 radical (unpaired) electrons. The molecule has 0 aliphatic carbocycles. The zero-order valence-corrected chi connectivity index (χ0v) is 16.0. The molecular formula is C20H32N2O2. The van der Waals surface area contributed by atoms with Crippen LogP contribution < -0.4 is 5.32 Å². The molecule has 0 aliphatic rings. The zero-order valence-electron chi connectivity index (χ0n) is 16.0. The van der Waals surface area contributed by atoms with Gasteiger partial charge in [0.25, 0.3) is 0 Å². The lowest BCUT2D eigenvalue weighted by atomic mass is 10.0. The maximum atomic E-state index is 12.7. The van der Waals surface area contributed by atoms with E-state index in [4.69, 9.17) is 0 Å². The molecule has 0 bridgehead atoms. The average Bonchev–Trinajstić information content (AvgIpc) is 2.47. The van der Waals surface area contributed by atoms with Crippen LogP contribution in [0.15, 0.2) is 24.3 Å². The number of aryl methyl sites for hydroxylation is 1. The standard InChI is InChI=1S/C20H32N2O2/c1-7-9-18(23)22(14-16-12-10-15(3)11-13-16)17(8-2)19(24)21-20(4,5)6/h10-13,17H,7-9,14H2,1-6H3,(H,21,24)/t17-/m0/s1. The second-order valence-corrected chi connectivity index (χ2v) is 7.42. The van der Waals surface area contributed by atoms with Gasteiger partial charge >= 0.3 is 0 Å². The van der Waals surface area contributed by atoms with Crippen LogP contribution in [0.25, 0.3) is 0 Å². The normalized spacial score (nSPS) is 12.6. The maximum Gasteiger partial charge on any atom is 0.243 e. The summed E-state index contributed by atoms with van der Waals surface area (Å²) in [6.45, 7) is 12.3. The van der Waals surface area contributed by atoms with Gasteiger partial charge in [0.15, 0.2) is 0 Å². The summed E-state index contributed by atoms with van der Waals surface area (Å²) >= 11 is 0. The fourth-order valence-corrected chi connectivity index (χ4v) is 2.62. The molecule has 2 amide bonds. The molecule has 4 heteroatoms. The third-order valence-electron chi connectivity index (χ3n) is 3.82. The van der Waals surface area contributed by atoms with Crippen LogP contribution in [-0.4, -0.2) is 28.3 Å². The van der Waals surface area contributed by atoms with Crippen molar-refractivity contribution < 1.29 is 9.59 Å². The van der Waals surface area contributed by atoms with Gasteiger partial charge in [-0.05, 0) is 46.1 Å². The van der Waals surface area contributed by atoms with Crippen molar-refractivity contribution in [3.05, 3.63) is 35.4 Å². The van der Waals surface area contributed by atoms with E-state index in [1.54, 1.807) is 4.90 Å². The van der Waals surface area contributed by atoms with E-state index in [0.717, 1.165) is 12.0 Å². The first-order valence-electron chi connectivity index (χ1n) is 8.85. The monoisotopic (exact) mass is 332 g/mol. The van der Waals surface area contributed by atoms with Crippen LogP contribution >= 0.6 is 0 Å². The quantitative estimate of drug-likeness (QED) is 0.825. The molecular weight excluding hydrogens is 300 g/mol. The Balaban J connectivity index is 3.03. The number of hydrogen-bond acceptors (Lipinski definition) is 2. The first kappa shape index (κ1) is 20.2. The SMILES string of the molecule is CCCC(=O)N(Cc1ccc(C)cc1)[C@@H](CC)C(=O)NC(C)(C)C. The number of nitrogens with zero attached hydrogens (tertiary/aromatic N) is 1. The van der Waals surface area contributed by atoms with Crippen molar-refractivity contribution in [3.8, 4) is 0 Å². The molecule has 0 saturated carbocycles. The van der Waals surface area contributed by atoms with Crippen molar-refractivity contribution in [3.63, 3.8) is 0 Å². The summed E-state index contributed by atoms with van der Waals surface area (Å²) in [4.78, 5) is 27.0. The van der Waals surface area contributed by atoms with Crippen molar-refractivity contribution in [2.45, 2.75) is 78.9 Å². The molecule has 1 N–H and O–H groups in total.